The Kier molecular flexibility index (Phi) is 4.04. The van der Waals surface area contributed by atoms with Gasteiger partial charge < -0.3 is 10.8 Å². The molecule has 2 aromatic carbocycles. The minimum absolute atomic E-state index is 0.285. The van der Waals surface area contributed by atoms with Crippen LogP contribution in [-0.4, -0.2) is 23.1 Å². The Hall–Kier alpha value is -1.88. The van der Waals surface area contributed by atoms with E-state index in [-0.39, 0.29) is 11.8 Å². The maximum absolute atomic E-state index is 11.6. The lowest BCUT2D eigenvalue weighted by Crippen LogP contribution is -2.51. The molecule has 0 amide bonds. The molecule has 2 unspecified atom stereocenters. The number of nitrogens with two attached hydrogens (primary N) is 1. The van der Waals surface area contributed by atoms with Crippen molar-refractivity contribution >= 4 is 27.1 Å². The number of fused-ring (bicyclic) bond motifs is 3. The van der Waals surface area contributed by atoms with Gasteiger partial charge in [-0.2, -0.15) is 0 Å². The van der Waals surface area contributed by atoms with E-state index in [0.29, 0.717) is 0 Å². The van der Waals surface area contributed by atoms with Crippen LogP contribution in [0.25, 0.3) is 10.1 Å². The lowest BCUT2D eigenvalue weighted by molar-refractivity contribution is -0.0912. The van der Waals surface area contributed by atoms with Crippen LogP contribution in [0, 0.1) is 18.8 Å². The smallest absolute Gasteiger partial charge is 0.0977 e. The third kappa shape index (κ3) is 2.70. The fourth-order valence-electron chi connectivity index (χ4n) is 5.30. The lowest BCUT2D eigenvalue weighted by atomic mass is 9.75. The molecule has 0 spiro atoms. The second-order valence-electron chi connectivity index (χ2n) is 8.26. The van der Waals surface area contributed by atoms with Crippen molar-refractivity contribution in [1.82, 2.24) is 4.90 Å². The average molecular weight is 379 g/mol. The van der Waals surface area contributed by atoms with Crippen LogP contribution >= 0.6 is 11.3 Å². The SMILES string of the molecule is Cc1c(CN2CC3CCC(C2)C3(O)c2cccc(N)c2)sc2ccccc12. The summed E-state index contributed by atoms with van der Waals surface area (Å²) in [5.41, 5.74) is 8.44. The zero-order chi connectivity index (χ0) is 18.6. The first-order valence-corrected chi connectivity index (χ1v) is 10.6. The van der Waals surface area contributed by atoms with Crippen molar-refractivity contribution in [3.63, 3.8) is 0 Å². The summed E-state index contributed by atoms with van der Waals surface area (Å²) in [4.78, 5) is 4.02. The van der Waals surface area contributed by atoms with E-state index in [9.17, 15) is 5.11 Å². The van der Waals surface area contributed by atoms with Crippen LogP contribution in [0.2, 0.25) is 0 Å². The summed E-state index contributed by atoms with van der Waals surface area (Å²) < 4.78 is 1.38. The average Bonchev–Trinajstić information content (AvgIpc) is 3.04. The fourth-order valence-corrected chi connectivity index (χ4v) is 6.56. The molecular formula is C23H26N2OS. The Bertz CT molecular complexity index is 981. The van der Waals surface area contributed by atoms with Crippen LogP contribution in [0.3, 0.4) is 0 Å². The molecule has 1 saturated carbocycles. The van der Waals surface area contributed by atoms with E-state index in [1.54, 1.807) is 0 Å². The lowest BCUT2D eigenvalue weighted by Gasteiger charge is -2.45. The van der Waals surface area contributed by atoms with Gasteiger partial charge in [0.05, 0.1) is 5.60 Å². The zero-order valence-electron chi connectivity index (χ0n) is 15.7. The minimum Gasteiger partial charge on any atom is -0.399 e. The fraction of sp³-hybridized carbons (Fsp3) is 0.391. The monoisotopic (exact) mass is 378 g/mol. The van der Waals surface area contributed by atoms with Gasteiger partial charge in [-0.25, -0.2) is 0 Å². The molecule has 2 bridgehead atoms. The molecule has 5 rings (SSSR count). The van der Waals surface area contributed by atoms with Crippen LogP contribution in [0.4, 0.5) is 5.69 Å². The van der Waals surface area contributed by atoms with Gasteiger partial charge in [-0.1, -0.05) is 30.3 Å². The van der Waals surface area contributed by atoms with E-state index in [1.165, 1.54) is 20.5 Å². The standard InChI is InChI=1S/C23H26N2OS/c1-15-20-7-2-3-8-21(20)27-22(15)14-25-12-17-9-10-18(13-25)23(17,26)16-5-4-6-19(24)11-16/h2-8,11,17-18,26H,9-10,12-14,24H2,1H3. The Morgan fingerprint density at radius 3 is 2.56 bits per heavy atom. The summed E-state index contributed by atoms with van der Waals surface area (Å²) in [6.45, 7) is 5.14. The molecule has 2 fully saturated rings. The number of benzene rings is 2. The van der Waals surface area contributed by atoms with Gasteiger partial charge in [-0.15, -0.1) is 11.3 Å². The third-order valence-electron chi connectivity index (χ3n) is 6.72. The largest absolute Gasteiger partial charge is 0.399 e. The molecule has 3 aromatic rings. The van der Waals surface area contributed by atoms with Crippen LogP contribution in [0.5, 0.6) is 0 Å². The number of hydrogen-bond donors (Lipinski definition) is 2. The Balaban J connectivity index is 1.40. The van der Waals surface area contributed by atoms with Gasteiger partial charge in [0.2, 0.25) is 0 Å². The van der Waals surface area contributed by atoms with E-state index >= 15 is 0 Å². The van der Waals surface area contributed by atoms with E-state index in [0.717, 1.165) is 43.7 Å². The molecule has 1 saturated heterocycles. The highest BCUT2D eigenvalue weighted by molar-refractivity contribution is 7.19. The molecule has 27 heavy (non-hydrogen) atoms. The number of hydrogen-bond acceptors (Lipinski definition) is 4. The number of nitrogen functional groups attached to an aromatic ring is 1. The first-order valence-electron chi connectivity index (χ1n) is 9.83. The van der Waals surface area contributed by atoms with Crippen molar-refractivity contribution in [2.45, 2.75) is 31.9 Å². The normalized spacial score (nSPS) is 28.1. The summed E-state index contributed by atoms with van der Waals surface area (Å²) >= 11 is 1.92. The Labute approximate surface area is 164 Å². The first-order chi connectivity index (χ1) is 13.1. The van der Waals surface area contributed by atoms with Gasteiger partial charge in [0.25, 0.3) is 0 Å². The van der Waals surface area contributed by atoms with Gasteiger partial charge in [0, 0.05) is 46.7 Å². The molecule has 3 nitrogen and oxygen atoms in total. The molecule has 3 N–H and O–H groups in total. The molecule has 4 heteroatoms. The number of anilines is 1. The maximum atomic E-state index is 11.6. The van der Waals surface area contributed by atoms with Crippen molar-refractivity contribution in [2.75, 3.05) is 18.8 Å². The van der Waals surface area contributed by atoms with Crippen LogP contribution in [0.1, 0.15) is 28.8 Å². The summed E-state index contributed by atoms with van der Waals surface area (Å²) in [7, 11) is 0. The summed E-state index contributed by atoms with van der Waals surface area (Å²) in [5, 5.41) is 13.0. The van der Waals surface area contributed by atoms with Crippen LogP contribution in [0.15, 0.2) is 48.5 Å². The van der Waals surface area contributed by atoms with Crippen LogP contribution < -0.4 is 5.73 Å². The van der Waals surface area contributed by atoms with Gasteiger partial charge in [0.15, 0.2) is 0 Å². The molecule has 2 atom stereocenters. The number of aliphatic hydroxyl groups is 1. The second kappa shape index (κ2) is 6.33. The predicted molar refractivity (Wildman–Crippen MR) is 113 cm³/mol. The molecule has 1 aliphatic heterocycles. The van der Waals surface area contributed by atoms with Gasteiger partial charge in [-0.3, -0.25) is 4.90 Å². The highest BCUT2D eigenvalue weighted by Gasteiger charge is 2.53. The number of rotatable bonds is 3. The molecule has 2 aliphatic rings. The van der Waals surface area contributed by atoms with Crippen molar-refractivity contribution < 1.29 is 5.11 Å². The quantitative estimate of drug-likeness (QED) is 0.659. The maximum Gasteiger partial charge on any atom is 0.0977 e. The number of nitrogens with zero attached hydrogens (tertiary/aromatic N) is 1. The molecule has 1 aromatic heterocycles. The van der Waals surface area contributed by atoms with E-state index in [4.69, 9.17) is 5.73 Å². The molecule has 0 radical (unpaired) electrons. The summed E-state index contributed by atoms with van der Waals surface area (Å²) in [5.74, 6) is 0.570. The highest BCUT2D eigenvalue weighted by atomic mass is 32.1. The predicted octanol–water partition coefficient (Wildman–Crippen LogP) is 4.52. The zero-order valence-corrected chi connectivity index (χ0v) is 16.5. The van der Waals surface area contributed by atoms with E-state index in [2.05, 4.69) is 36.1 Å². The number of piperidine rings is 1. The molecule has 1 aliphatic carbocycles. The van der Waals surface area contributed by atoms with Gasteiger partial charge in [-0.05, 0) is 54.5 Å². The number of thiophene rings is 1. The van der Waals surface area contributed by atoms with Gasteiger partial charge >= 0.3 is 0 Å². The van der Waals surface area contributed by atoms with Gasteiger partial charge in [0.1, 0.15) is 0 Å². The minimum atomic E-state index is -0.721. The van der Waals surface area contributed by atoms with Crippen LogP contribution in [-0.2, 0) is 12.1 Å². The number of aryl methyl sites for hydroxylation is 1. The molecule has 140 valence electrons. The van der Waals surface area contributed by atoms with Crippen molar-refractivity contribution in [1.29, 1.82) is 0 Å². The first kappa shape index (κ1) is 17.2. The summed E-state index contributed by atoms with van der Waals surface area (Å²) in [6, 6.07) is 16.6. The van der Waals surface area contributed by atoms with E-state index in [1.807, 2.05) is 35.6 Å². The highest BCUT2D eigenvalue weighted by Crippen LogP contribution is 2.51. The summed E-state index contributed by atoms with van der Waals surface area (Å²) in [6.07, 6.45) is 2.19. The second-order valence-corrected chi connectivity index (χ2v) is 9.40. The van der Waals surface area contributed by atoms with E-state index < -0.39 is 5.60 Å². The molecular weight excluding hydrogens is 352 g/mol. The van der Waals surface area contributed by atoms with Crippen molar-refractivity contribution in [2.24, 2.45) is 11.8 Å². The topological polar surface area (TPSA) is 49.5 Å². The van der Waals surface area contributed by atoms with Crippen molar-refractivity contribution in [3.05, 3.63) is 64.5 Å². The molecule has 2 heterocycles. The Morgan fingerprint density at radius 2 is 1.85 bits per heavy atom. The Morgan fingerprint density at radius 1 is 1.11 bits per heavy atom. The third-order valence-corrected chi connectivity index (χ3v) is 7.98. The van der Waals surface area contributed by atoms with Crippen molar-refractivity contribution in [3.8, 4) is 0 Å². The number of likely N-dealkylation sites (tertiary alicyclic amines) is 1.